The highest BCUT2D eigenvalue weighted by molar-refractivity contribution is 5.95. The van der Waals surface area contributed by atoms with Gasteiger partial charge in [0.05, 0.1) is 0 Å². The normalized spacial score (nSPS) is 29.8. The number of phenolic OH excluding ortho intramolecular Hbond substituents is 2. The Labute approximate surface area is 98.5 Å². The molecular formula is C12H14N2O3. The van der Waals surface area contributed by atoms with E-state index in [1.807, 2.05) is 0 Å². The predicted molar refractivity (Wildman–Crippen MR) is 60.9 cm³/mol. The standard InChI is InChI=1S/C12H14N2O3/c15-7-1-6(2-8(16)3-7)12(17)14-11-9-4-13-5-10(9)11/h1-3,9-11,13,15-16H,4-5H2,(H,14,17). The molecule has 5 nitrogen and oxygen atoms in total. The number of piperidine rings is 1. The van der Waals surface area contributed by atoms with Crippen molar-refractivity contribution in [2.45, 2.75) is 6.04 Å². The summed E-state index contributed by atoms with van der Waals surface area (Å²) in [5.74, 6) is 0.644. The summed E-state index contributed by atoms with van der Waals surface area (Å²) in [5, 5.41) is 24.8. The molecule has 1 aromatic carbocycles. The minimum absolute atomic E-state index is 0.104. The van der Waals surface area contributed by atoms with E-state index in [9.17, 15) is 15.0 Å². The van der Waals surface area contributed by atoms with Crippen LogP contribution in [0.1, 0.15) is 10.4 Å². The van der Waals surface area contributed by atoms with Crippen molar-refractivity contribution in [1.82, 2.24) is 10.6 Å². The molecule has 1 saturated carbocycles. The van der Waals surface area contributed by atoms with E-state index in [2.05, 4.69) is 10.6 Å². The minimum Gasteiger partial charge on any atom is -0.508 e. The van der Waals surface area contributed by atoms with Gasteiger partial charge in [0.2, 0.25) is 0 Å². The molecule has 2 fully saturated rings. The van der Waals surface area contributed by atoms with Crippen LogP contribution in [0.4, 0.5) is 0 Å². The zero-order valence-corrected chi connectivity index (χ0v) is 9.18. The quantitative estimate of drug-likeness (QED) is 0.582. The van der Waals surface area contributed by atoms with Gasteiger partial charge in [0.15, 0.2) is 0 Å². The van der Waals surface area contributed by atoms with Crippen LogP contribution in [0.3, 0.4) is 0 Å². The highest BCUT2D eigenvalue weighted by Crippen LogP contribution is 2.41. The second-order valence-corrected chi connectivity index (χ2v) is 4.72. The summed E-state index contributed by atoms with van der Waals surface area (Å²) in [6, 6.07) is 4.15. The molecule has 1 heterocycles. The number of carbonyl (C=O) groups excluding carboxylic acids is 1. The largest absolute Gasteiger partial charge is 0.508 e. The molecule has 1 aliphatic heterocycles. The Morgan fingerprint density at radius 2 is 1.76 bits per heavy atom. The third-order valence-corrected chi connectivity index (χ3v) is 3.55. The van der Waals surface area contributed by atoms with E-state index in [1.54, 1.807) is 0 Å². The van der Waals surface area contributed by atoms with Crippen LogP contribution < -0.4 is 10.6 Å². The molecule has 1 amide bonds. The molecule has 4 N–H and O–H groups in total. The lowest BCUT2D eigenvalue weighted by Gasteiger charge is -2.08. The smallest absolute Gasteiger partial charge is 0.251 e. The fourth-order valence-electron chi connectivity index (χ4n) is 2.59. The van der Waals surface area contributed by atoms with E-state index in [0.29, 0.717) is 17.4 Å². The molecule has 2 aliphatic rings. The number of carbonyl (C=O) groups is 1. The van der Waals surface area contributed by atoms with Crippen LogP contribution in [0, 0.1) is 11.8 Å². The second kappa shape index (κ2) is 3.63. The van der Waals surface area contributed by atoms with Gasteiger partial charge in [-0.2, -0.15) is 0 Å². The zero-order valence-electron chi connectivity index (χ0n) is 9.18. The maximum atomic E-state index is 11.9. The number of nitrogens with one attached hydrogen (secondary N) is 2. The Balaban J connectivity index is 1.69. The van der Waals surface area contributed by atoms with Gasteiger partial charge in [0, 0.05) is 30.8 Å². The van der Waals surface area contributed by atoms with Crippen molar-refractivity contribution in [2.75, 3.05) is 13.1 Å². The van der Waals surface area contributed by atoms with E-state index in [1.165, 1.54) is 18.2 Å². The first-order valence-electron chi connectivity index (χ1n) is 5.70. The van der Waals surface area contributed by atoms with Gasteiger partial charge >= 0.3 is 0 Å². The first-order valence-corrected chi connectivity index (χ1v) is 5.70. The molecule has 0 radical (unpaired) electrons. The second-order valence-electron chi connectivity index (χ2n) is 4.72. The highest BCUT2D eigenvalue weighted by Gasteiger charge is 2.53. The number of aromatic hydroxyl groups is 2. The van der Waals surface area contributed by atoms with E-state index in [4.69, 9.17) is 0 Å². The summed E-state index contributed by atoms with van der Waals surface area (Å²) >= 11 is 0. The summed E-state index contributed by atoms with van der Waals surface area (Å²) < 4.78 is 0. The van der Waals surface area contributed by atoms with Crippen LogP contribution in [-0.2, 0) is 0 Å². The molecule has 1 aromatic rings. The maximum absolute atomic E-state index is 11.9. The molecule has 1 saturated heterocycles. The topological polar surface area (TPSA) is 81.6 Å². The van der Waals surface area contributed by atoms with Gasteiger partial charge in [-0.05, 0) is 24.0 Å². The van der Waals surface area contributed by atoms with Crippen molar-refractivity contribution >= 4 is 5.91 Å². The molecule has 90 valence electrons. The maximum Gasteiger partial charge on any atom is 0.251 e. The molecule has 3 rings (SSSR count). The Morgan fingerprint density at radius 3 is 2.35 bits per heavy atom. The van der Waals surface area contributed by atoms with E-state index in [-0.39, 0.29) is 23.4 Å². The molecular weight excluding hydrogens is 220 g/mol. The van der Waals surface area contributed by atoms with Crippen molar-refractivity contribution < 1.29 is 15.0 Å². The minimum atomic E-state index is -0.240. The molecule has 0 spiro atoms. The third kappa shape index (κ3) is 1.82. The Bertz CT molecular complexity index is 445. The lowest BCUT2D eigenvalue weighted by atomic mass is 10.2. The molecule has 0 bridgehead atoms. The molecule has 1 aliphatic carbocycles. The first kappa shape index (κ1) is 10.4. The number of phenols is 2. The van der Waals surface area contributed by atoms with Gasteiger partial charge in [-0.3, -0.25) is 4.79 Å². The van der Waals surface area contributed by atoms with Crippen molar-refractivity contribution in [3.05, 3.63) is 23.8 Å². The van der Waals surface area contributed by atoms with Gasteiger partial charge in [0.25, 0.3) is 5.91 Å². The number of amides is 1. The summed E-state index contributed by atoms with van der Waals surface area (Å²) in [4.78, 5) is 11.9. The van der Waals surface area contributed by atoms with Gasteiger partial charge in [-0.25, -0.2) is 0 Å². The summed E-state index contributed by atoms with van der Waals surface area (Å²) in [6.45, 7) is 1.92. The molecule has 2 atom stereocenters. The molecule has 0 aromatic heterocycles. The van der Waals surface area contributed by atoms with Crippen LogP contribution in [0.2, 0.25) is 0 Å². The Morgan fingerprint density at radius 1 is 1.18 bits per heavy atom. The van der Waals surface area contributed by atoms with Gasteiger partial charge in [-0.15, -0.1) is 0 Å². The van der Waals surface area contributed by atoms with Crippen molar-refractivity contribution in [2.24, 2.45) is 11.8 Å². The van der Waals surface area contributed by atoms with Crippen LogP contribution in [-0.4, -0.2) is 35.3 Å². The fourth-order valence-corrected chi connectivity index (χ4v) is 2.59. The van der Waals surface area contributed by atoms with E-state index >= 15 is 0 Å². The lowest BCUT2D eigenvalue weighted by molar-refractivity contribution is 0.0945. The number of fused-ring (bicyclic) bond motifs is 1. The third-order valence-electron chi connectivity index (χ3n) is 3.55. The molecule has 17 heavy (non-hydrogen) atoms. The van der Waals surface area contributed by atoms with Crippen molar-refractivity contribution in [3.63, 3.8) is 0 Å². The molecule has 5 heteroatoms. The number of hydrogen-bond donors (Lipinski definition) is 4. The van der Waals surface area contributed by atoms with Crippen LogP contribution in [0.5, 0.6) is 11.5 Å². The lowest BCUT2D eigenvalue weighted by Crippen LogP contribution is -2.32. The average molecular weight is 234 g/mol. The Kier molecular flexibility index (Phi) is 2.22. The zero-order chi connectivity index (χ0) is 12.0. The van der Waals surface area contributed by atoms with Crippen molar-refractivity contribution in [3.8, 4) is 11.5 Å². The number of rotatable bonds is 2. The predicted octanol–water partition coefficient (Wildman–Crippen LogP) is 0.0454. The highest BCUT2D eigenvalue weighted by atomic mass is 16.3. The van der Waals surface area contributed by atoms with E-state index in [0.717, 1.165) is 13.1 Å². The van der Waals surface area contributed by atoms with Crippen molar-refractivity contribution in [1.29, 1.82) is 0 Å². The van der Waals surface area contributed by atoms with Gasteiger partial charge < -0.3 is 20.8 Å². The van der Waals surface area contributed by atoms with E-state index < -0.39 is 0 Å². The van der Waals surface area contributed by atoms with Gasteiger partial charge in [0.1, 0.15) is 11.5 Å². The SMILES string of the molecule is O=C(NC1C2CNCC21)c1cc(O)cc(O)c1. The monoisotopic (exact) mass is 234 g/mol. The fraction of sp³-hybridized carbons (Fsp3) is 0.417. The van der Waals surface area contributed by atoms with Crippen LogP contribution >= 0.6 is 0 Å². The number of benzene rings is 1. The average Bonchev–Trinajstić information content (AvgIpc) is 2.73. The molecule has 2 unspecified atom stereocenters. The van der Waals surface area contributed by atoms with Crippen LogP contribution in [0.25, 0.3) is 0 Å². The number of hydrogen-bond acceptors (Lipinski definition) is 4. The summed E-state index contributed by atoms with van der Waals surface area (Å²) in [5.41, 5.74) is 0.292. The van der Waals surface area contributed by atoms with Gasteiger partial charge in [-0.1, -0.05) is 0 Å². The first-order chi connectivity index (χ1) is 8.15. The summed E-state index contributed by atoms with van der Waals surface area (Å²) in [6.07, 6.45) is 0. The van der Waals surface area contributed by atoms with Crippen LogP contribution in [0.15, 0.2) is 18.2 Å². The Hall–Kier alpha value is -1.75. The summed E-state index contributed by atoms with van der Waals surface area (Å²) in [7, 11) is 0.